The van der Waals surface area contributed by atoms with Crippen molar-refractivity contribution in [2.24, 2.45) is 16.8 Å². The lowest BCUT2D eigenvalue weighted by atomic mass is 9.82. The predicted octanol–water partition coefficient (Wildman–Crippen LogP) is 2.51. The highest BCUT2D eigenvalue weighted by molar-refractivity contribution is 14.0. The molecule has 4 fully saturated rings. The Morgan fingerprint density at radius 1 is 1.19 bits per heavy atom. The van der Waals surface area contributed by atoms with Gasteiger partial charge in [-0.1, -0.05) is 12.8 Å². The lowest BCUT2D eigenvalue weighted by Crippen LogP contribution is -2.60. The van der Waals surface area contributed by atoms with Gasteiger partial charge in [-0.15, -0.1) is 24.0 Å². The topological polar surface area (TPSA) is 40.1 Å². The van der Waals surface area contributed by atoms with Gasteiger partial charge < -0.3 is 15.0 Å². The third-order valence-electron chi connectivity index (χ3n) is 6.83. The van der Waals surface area contributed by atoms with Crippen LogP contribution < -0.4 is 5.32 Å². The van der Waals surface area contributed by atoms with Gasteiger partial charge in [0.2, 0.25) is 0 Å². The van der Waals surface area contributed by atoms with Crippen molar-refractivity contribution in [1.82, 2.24) is 15.1 Å². The first-order valence-corrected chi connectivity index (χ1v) is 11.3. The Balaban J connectivity index is 0.00000196. The van der Waals surface area contributed by atoms with Crippen LogP contribution in [0, 0.1) is 11.8 Å². The first kappa shape index (κ1) is 21.0. The third kappa shape index (κ3) is 4.46. The smallest absolute Gasteiger partial charge is 0.193 e. The minimum atomic E-state index is 0. The monoisotopic (exact) mass is 494 g/mol. The number of hydrogen-bond acceptors (Lipinski definition) is 4. The van der Waals surface area contributed by atoms with Crippen LogP contribution in [0.15, 0.2) is 4.99 Å². The molecule has 0 aromatic rings. The number of morpholine rings is 1. The van der Waals surface area contributed by atoms with Crippen molar-refractivity contribution in [3.8, 4) is 0 Å². The summed E-state index contributed by atoms with van der Waals surface area (Å²) in [7, 11) is 1.95. The molecule has 4 rings (SSSR count). The summed E-state index contributed by atoms with van der Waals surface area (Å²) in [6, 6.07) is 0. The van der Waals surface area contributed by atoms with Gasteiger partial charge in [-0.25, -0.2) is 0 Å². The number of nitrogens with zero attached hydrogens (tertiary/aromatic N) is 3. The zero-order valence-electron chi connectivity index (χ0n) is 16.1. The Labute approximate surface area is 180 Å². The van der Waals surface area contributed by atoms with Crippen LogP contribution in [-0.4, -0.2) is 85.8 Å². The third-order valence-corrected chi connectivity index (χ3v) is 8.06. The summed E-state index contributed by atoms with van der Waals surface area (Å²) in [5, 5.41) is 3.78. The second kappa shape index (κ2) is 9.65. The first-order valence-electron chi connectivity index (χ1n) is 10.2. The molecule has 4 aliphatic rings. The molecule has 3 atom stereocenters. The van der Waals surface area contributed by atoms with Gasteiger partial charge in [0.25, 0.3) is 0 Å². The molecule has 0 amide bonds. The lowest BCUT2D eigenvalue weighted by molar-refractivity contribution is -0.0121. The molecule has 5 nitrogen and oxygen atoms in total. The van der Waals surface area contributed by atoms with Gasteiger partial charge in [-0.3, -0.25) is 9.89 Å². The average Bonchev–Trinajstić information content (AvgIpc) is 3.30. The molecule has 1 saturated carbocycles. The highest BCUT2D eigenvalue weighted by Crippen LogP contribution is 2.36. The Kier molecular flexibility index (Phi) is 7.79. The molecule has 3 heterocycles. The number of nitrogens with one attached hydrogen (secondary N) is 1. The van der Waals surface area contributed by atoms with E-state index in [0.29, 0.717) is 0 Å². The quantitative estimate of drug-likeness (QED) is 0.371. The van der Waals surface area contributed by atoms with E-state index in [9.17, 15) is 0 Å². The number of thioether (sulfide) groups is 1. The number of hydrogen-bond donors (Lipinski definition) is 1. The van der Waals surface area contributed by atoms with Crippen molar-refractivity contribution >= 4 is 41.7 Å². The minimum absolute atomic E-state index is 0. The fourth-order valence-corrected chi connectivity index (χ4v) is 6.77. The Hall–Kier alpha value is 0.270. The zero-order valence-corrected chi connectivity index (χ0v) is 19.3. The van der Waals surface area contributed by atoms with E-state index in [0.717, 1.165) is 50.6 Å². The summed E-state index contributed by atoms with van der Waals surface area (Å²) >= 11 is 2.11. The van der Waals surface area contributed by atoms with Crippen LogP contribution in [0.2, 0.25) is 0 Å². The Bertz CT molecular complexity index is 466. The number of rotatable bonds is 3. The van der Waals surface area contributed by atoms with Crippen LogP contribution in [0.1, 0.15) is 32.1 Å². The lowest BCUT2D eigenvalue weighted by Gasteiger charge is -2.43. The second-order valence-electron chi connectivity index (χ2n) is 8.24. The molecule has 0 radical (unpaired) electrons. The van der Waals surface area contributed by atoms with Crippen molar-refractivity contribution in [3.05, 3.63) is 0 Å². The van der Waals surface area contributed by atoms with Crippen molar-refractivity contribution < 1.29 is 4.74 Å². The summed E-state index contributed by atoms with van der Waals surface area (Å²) in [4.78, 5) is 9.87. The molecule has 26 heavy (non-hydrogen) atoms. The van der Waals surface area contributed by atoms with E-state index in [4.69, 9.17) is 4.74 Å². The number of likely N-dealkylation sites (tertiary alicyclic amines) is 1. The fraction of sp³-hybridized carbons (Fsp3) is 0.947. The predicted molar refractivity (Wildman–Crippen MR) is 121 cm³/mol. The molecule has 0 bridgehead atoms. The highest BCUT2D eigenvalue weighted by atomic mass is 127. The van der Waals surface area contributed by atoms with Gasteiger partial charge in [0.05, 0.1) is 13.2 Å². The molecule has 150 valence electrons. The average molecular weight is 494 g/mol. The first-order chi connectivity index (χ1) is 12.3. The number of aliphatic imine (C=N–C) groups is 1. The van der Waals surface area contributed by atoms with Gasteiger partial charge >= 0.3 is 0 Å². The van der Waals surface area contributed by atoms with Crippen LogP contribution in [-0.2, 0) is 4.74 Å². The molecular weight excluding hydrogens is 459 g/mol. The van der Waals surface area contributed by atoms with Crippen molar-refractivity contribution in [3.63, 3.8) is 0 Å². The molecule has 3 unspecified atom stereocenters. The fourth-order valence-electron chi connectivity index (χ4n) is 5.29. The van der Waals surface area contributed by atoms with Crippen LogP contribution in [0.3, 0.4) is 0 Å². The number of halogens is 1. The number of fused-ring (bicyclic) bond motifs is 1. The number of ether oxygens (including phenoxy) is 1. The van der Waals surface area contributed by atoms with Crippen molar-refractivity contribution in [1.29, 1.82) is 0 Å². The molecule has 1 aliphatic carbocycles. The van der Waals surface area contributed by atoms with Gasteiger partial charge in [0.15, 0.2) is 5.96 Å². The number of guanidine groups is 1. The van der Waals surface area contributed by atoms with Crippen LogP contribution in [0.5, 0.6) is 0 Å². The van der Waals surface area contributed by atoms with Crippen molar-refractivity contribution in [2.45, 2.75) is 37.6 Å². The van der Waals surface area contributed by atoms with Crippen molar-refractivity contribution in [2.75, 3.05) is 64.5 Å². The van der Waals surface area contributed by atoms with Gasteiger partial charge in [0.1, 0.15) is 0 Å². The molecule has 3 aliphatic heterocycles. The molecule has 7 heteroatoms. The maximum absolute atomic E-state index is 5.59. The maximum Gasteiger partial charge on any atom is 0.193 e. The molecule has 0 aromatic carbocycles. The Morgan fingerprint density at radius 2 is 1.88 bits per heavy atom. The highest BCUT2D eigenvalue weighted by Gasteiger charge is 2.41. The summed E-state index contributed by atoms with van der Waals surface area (Å²) in [5.74, 6) is 5.47. The molecule has 0 aromatic heterocycles. The van der Waals surface area contributed by atoms with E-state index in [1.807, 2.05) is 7.05 Å². The second-order valence-corrected chi connectivity index (χ2v) is 9.34. The summed E-state index contributed by atoms with van der Waals surface area (Å²) in [6.07, 6.45) is 6.99. The standard InChI is InChI=1S/C19H34N4OS.HI/c1-20-18(22-12-16-4-2-3-5-17(16)13-22)21-14-19(6-11-25-15-19)23-7-9-24-10-8-23;/h16-17H,2-15H2,1H3,(H,20,21);1H. The molecular formula is C19H35IN4OS. The maximum atomic E-state index is 5.59. The van der Waals surface area contributed by atoms with Crippen LogP contribution in [0.25, 0.3) is 0 Å². The largest absolute Gasteiger partial charge is 0.379 e. The molecule has 1 N–H and O–H groups in total. The van der Waals surface area contributed by atoms with Gasteiger partial charge in [-0.05, 0) is 36.9 Å². The van der Waals surface area contributed by atoms with Crippen LogP contribution >= 0.6 is 35.7 Å². The Morgan fingerprint density at radius 3 is 2.46 bits per heavy atom. The minimum Gasteiger partial charge on any atom is -0.379 e. The van der Waals surface area contributed by atoms with Gasteiger partial charge in [0, 0.05) is 51.1 Å². The normalized spacial score (nSPS) is 35.9. The van der Waals surface area contributed by atoms with E-state index < -0.39 is 0 Å². The summed E-state index contributed by atoms with van der Waals surface area (Å²) in [6.45, 7) is 7.38. The van der Waals surface area contributed by atoms with E-state index >= 15 is 0 Å². The zero-order chi connectivity index (χ0) is 17.1. The molecule has 3 saturated heterocycles. The SMILES string of the molecule is CN=C(NCC1(N2CCOCC2)CCSC1)N1CC2CCCCC2C1.I. The summed E-state index contributed by atoms with van der Waals surface area (Å²) < 4.78 is 5.59. The van der Waals surface area contributed by atoms with E-state index in [1.165, 1.54) is 56.7 Å². The van der Waals surface area contributed by atoms with E-state index in [1.54, 1.807) is 0 Å². The molecule has 0 spiro atoms. The van der Waals surface area contributed by atoms with Crippen LogP contribution in [0.4, 0.5) is 0 Å². The van der Waals surface area contributed by atoms with E-state index in [-0.39, 0.29) is 29.5 Å². The van der Waals surface area contributed by atoms with Gasteiger partial charge in [-0.2, -0.15) is 11.8 Å². The van der Waals surface area contributed by atoms with E-state index in [2.05, 4.69) is 31.9 Å². The summed E-state index contributed by atoms with van der Waals surface area (Å²) in [5.41, 5.74) is 0.289.